The molecule has 0 aliphatic carbocycles. The highest BCUT2D eigenvalue weighted by molar-refractivity contribution is 7.93. The quantitative estimate of drug-likeness (QED) is 0.389. The Labute approximate surface area is 234 Å². The number of piperazine rings is 1. The summed E-state index contributed by atoms with van der Waals surface area (Å²) in [6.07, 6.45) is 0. The molecule has 3 aromatic rings. The van der Waals surface area contributed by atoms with E-state index in [1.54, 1.807) is 47.4 Å². The number of ether oxygens (including phenoxy) is 4. The van der Waals surface area contributed by atoms with Gasteiger partial charge in [-0.3, -0.25) is 14.0 Å². The molecule has 0 unspecified atom stereocenters. The minimum absolute atomic E-state index is 0.00663. The lowest BCUT2D eigenvalue weighted by molar-refractivity contribution is -0.131. The summed E-state index contributed by atoms with van der Waals surface area (Å²) in [4.78, 5) is 17.5. The predicted molar refractivity (Wildman–Crippen MR) is 150 cm³/mol. The highest BCUT2D eigenvalue weighted by Crippen LogP contribution is 2.34. The number of benzene rings is 3. The highest BCUT2D eigenvalue weighted by Gasteiger charge is 2.32. The van der Waals surface area contributed by atoms with E-state index in [0.29, 0.717) is 37.6 Å². The number of fused-ring (bicyclic) bond motifs is 1. The Morgan fingerprint density at radius 3 is 2.33 bits per heavy atom. The number of hydrogen-bond donors (Lipinski definition) is 0. The summed E-state index contributed by atoms with van der Waals surface area (Å²) in [7, 11) is -1.18. The van der Waals surface area contributed by atoms with Gasteiger partial charge in [-0.05, 0) is 66.6 Å². The molecule has 0 bridgehead atoms. The van der Waals surface area contributed by atoms with Crippen LogP contribution in [0, 0.1) is 6.92 Å². The Hall–Kier alpha value is -3.96. The van der Waals surface area contributed by atoms with Crippen LogP contribution in [0.4, 0.5) is 5.69 Å². The molecule has 5 rings (SSSR count). The second kappa shape index (κ2) is 11.6. The maximum atomic E-state index is 14.0. The number of hydrogen-bond acceptors (Lipinski definition) is 8. The van der Waals surface area contributed by atoms with Gasteiger partial charge in [0.15, 0.2) is 11.5 Å². The van der Waals surface area contributed by atoms with Gasteiger partial charge in [-0.1, -0.05) is 12.1 Å². The molecule has 0 aromatic heterocycles. The van der Waals surface area contributed by atoms with E-state index in [9.17, 15) is 13.2 Å². The van der Waals surface area contributed by atoms with E-state index in [-0.39, 0.29) is 29.9 Å². The van der Waals surface area contributed by atoms with Crippen molar-refractivity contribution in [2.45, 2.75) is 18.4 Å². The van der Waals surface area contributed by atoms with Crippen LogP contribution in [0.5, 0.6) is 23.0 Å². The van der Waals surface area contributed by atoms with Gasteiger partial charge in [-0.25, -0.2) is 8.42 Å². The summed E-state index contributed by atoms with van der Waals surface area (Å²) in [5.74, 6) is 2.02. The minimum Gasteiger partial charge on any atom is -0.497 e. The van der Waals surface area contributed by atoms with Gasteiger partial charge in [0.2, 0.25) is 12.7 Å². The van der Waals surface area contributed by atoms with Gasteiger partial charge in [0.1, 0.15) is 22.9 Å². The molecule has 2 heterocycles. The van der Waals surface area contributed by atoms with E-state index in [0.717, 1.165) is 33.5 Å². The minimum atomic E-state index is -4.14. The van der Waals surface area contributed by atoms with Gasteiger partial charge in [0.25, 0.3) is 10.0 Å². The number of carbonyl (C=O) groups is 1. The van der Waals surface area contributed by atoms with Crippen LogP contribution < -0.4 is 23.3 Å². The molecule has 0 spiro atoms. The van der Waals surface area contributed by atoms with Gasteiger partial charge < -0.3 is 23.8 Å². The van der Waals surface area contributed by atoms with E-state index in [1.165, 1.54) is 14.2 Å². The van der Waals surface area contributed by atoms with Crippen LogP contribution in [0.3, 0.4) is 0 Å². The van der Waals surface area contributed by atoms with Gasteiger partial charge in [-0.15, -0.1) is 0 Å². The molecule has 3 aromatic carbocycles. The van der Waals surface area contributed by atoms with Crippen LogP contribution in [-0.4, -0.2) is 77.9 Å². The van der Waals surface area contributed by atoms with Crippen molar-refractivity contribution in [1.82, 2.24) is 9.80 Å². The number of nitrogens with zero attached hydrogens (tertiary/aromatic N) is 3. The number of aryl methyl sites for hydroxylation is 1. The molecule has 0 saturated carbocycles. The molecule has 1 fully saturated rings. The topological polar surface area (TPSA) is 97.9 Å². The van der Waals surface area contributed by atoms with E-state index < -0.39 is 10.0 Å². The first-order chi connectivity index (χ1) is 19.3. The van der Waals surface area contributed by atoms with E-state index in [2.05, 4.69) is 4.90 Å². The van der Waals surface area contributed by atoms with Crippen LogP contribution in [0.15, 0.2) is 65.6 Å². The Balaban J connectivity index is 1.31. The zero-order valence-corrected chi connectivity index (χ0v) is 23.6. The van der Waals surface area contributed by atoms with Crippen LogP contribution in [-0.2, 0) is 21.4 Å². The molecule has 2 aliphatic heterocycles. The Kier molecular flexibility index (Phi) is 8.04. The monoisotopic (exact) mass is 567 g/mol. The largest absolute Gasteiger partial charge is 0.497 e. The SMILES string of the molecule is COc1ccc(N(CC(=O)N2CCN(Cc3ccc4c(c3)OCO4)CC2)S(=O)(=O)c2cc(C)ccc2OC)cc1. The third kappa shape index (κ3) is 5.80. The number of amides is 1. The van der Waals surface area contributed by atoms with Gasteiger partial charge in [0, 0.05) is 32.7 Å². The summed E-state index contributed by atoms with van der Waals surface area (Å²) >= 11 is 0. The standard InChI is InChI=1S/C29H33N3O7S/c1-21-4-10-26(37-3)28(16-21)40(34,35)32(23-6-8-24(36-2)9-7-23)19-29(33)31-14-12-30(13-15-31)18-22-5-11-25-27(17-22)39-20-38-25/h4-11,16-17H,12-15,18-20H2,1-3H3. The first-order valence-electron chi connectivity index (χ1n) is 13.0. The summed E-state index contributed by atoms with van der Waals surface area (Å²) in [6.45, 7) is 4.75. The molecule has 212 valence electrons. The van der Waals surface area contributed by atoms with Crippen LogP contribution in [0.1, 0.15) is 11.1 Å². The van der Waals surface area contributed by atoms with Gasteiger partial charge >= 0.3 is 0 Å². The van der Waals surface area contributed by atoms with Crippen molar-refractivity contribution in [3.05, 3.63) is 71.8 Å². The van der Waals surface area contributed by atoms with E-state index >= 15 is 0 Å². The van der Waals surface area contributed by atoms with Crippen LogP contribution >= 0.6 is 0 Å². The Bertz CT molecular complexity index is 1470. The summed E-state index contributed by atoms with van der Waals surface area (Å²) < 4.78 is 50.6. The van der Waals surface area contributed by atoms with Crippen molar-refractivity contribution in [3.8, 4) is 23.0 Å². The van der Waals surface area contributed by atoms with E-state index in [4.69, 9.17) is 18.9 Å². The number of rotatable bonds is 9. The maximum Gasteiger partial charge on any atom is 0.268 e. The fourth-order valence-corrected chi connectivity index (χ4v) is 6.50. The molecule has 0 radical (unpaired) electrons. The lowest BCUT2D eigenvalue weighted by Gasteiger charge is -2.36. The zero-order chi connectivity index (χ0) is 28.3. The van der Waals surface area contributed by atoms with Gasteiger partial charge in [0.05, 0.1) is 19.9 Å². The smallest absolute Gasteiger partial charge is 0.268 e. The van der Waals surface area contributed by atoms with Crippen molar-refractivity contribution in [1.29, 1.82) is 0 Å². The Morgan fingerprint density at radius 2 is 1.62 bits per heavy atom. The van der Waals surface area contributed by atoms with Crippen molar-refractivity contribution in [3.63, 3.8) is 0 Å². The predicted octanol–water partition coefficient (Wildman–Crippen LogP) is 3.28. The lowest BCUT2D eigenvalue weighted by atomic mass is 10.1. The average molecular weight is 568 g/mol. The van der Waals surface area contributed by atoms with E-state index in [1.807, 2.05) is 25.1 Å². The van der Waals surface area contributed by atoms with Gasteiger partial charge in [-0.2, -0.15) is 0 Å². The summed E-state index contributed by atoms with van der Waals surface area (Å²) in [5, 5.41) is 0. The second-order valence-electron chi connectivity index (χ2n) is 9.71. The molecule has 2 aliphatic rings. The molecule has 10 nitrogen and oxygen atoms in total. The van der Waals surface area contributed by atoms with Crippen molar-refractivity contribution in [2.75, 3.05) is 58.0 Å². The fraction of sp³-hybridized carbons (Fsp3) is 0.345. The third-order valence-electron chi connectivity index (χ3n) is 7.09. The number of methoxy groups -OCH3 is 2. The normalized spacial score (nSPS) is 15.1. The summed E-state index contributed by atoms with van der Waals surface area (Å²) in [6, 6.07) is 17.5. The number of carbonyl (C=O) groups excluding carboxylic acids is 1. The van der Waals surface area contributed by atoms with Crippen LogP contribution in [0.2, 0.25) is 0 Å². The number of anilines is 1. The van der Waals surface area contributed by atoms with Crippen molar-refractivity contribution >= 4 is 21.6 Å². The first kappa shape index (κ1) is 27.6. The third-order valence-corrected chi connectivity index (χ3v) is 8.89. The Morgan fingerprint density at radius 1 is 0.900 bits per heavy atom. The molecule has 1 saturated heterocycles. The molecule has 40 heavy (non-hydrogen) atoms. The lowest BCUT2D eigenvalue weighted by Crippen LogP contribution is -2.51. The number of sulfonamides is 1. The van der Waals surface area contributed by atoms with Crippen molar-refractivity contribution in [2.24, 2.45) is 0 Å². The molecule has 0 N–H and O–H groups in total. The molecule has 1 amide bonds. The maximum absolute atomic E-state index is 14.0. The molecule has 0 atom stereocenters. The fourth-order valence-electron chi connectivity index (χ4n) is 4.84. The highest BCUT2D eigenvalue weighted by atomic mass is 32.2. The second-order valence-corrected chi connectivity index (χ2v) is 11.5. The molecular weight excluding hydrogens is 534 g/mol. The zero-order valence-electron chi connectivity index (χ0n) is 22.8. The first-order valence-corrected chi connectivity index (χ1v) is 14.4. The molecular formula is C29H33N3O7S. The average Bonchev–Trinajstić information content (AvgIpc) is 3.44. The summed E-state index contributed by atoms with van der Waals surface area (Å²) in [5.41, 5.74) is 2.23. The molecule has 11 heteroatoms. The van der Waals surface area contributed by atoms with Crippen molar-refractivity contribution < 1.29 is 32.2 Å². The van der Waals surface area contributed by atoms with Crippen LogP contribution in [0.25, 0.3) is 0 Å².